The van der Waals surface area contributed by atoms with Crippen LogP contribution in [0.2, 0.25) is 0 Å². The van der Waals surface area contributed by atoms with E-state index in [1.807, 2.05) is 0 Å². The number of thioether (sulfide) groups is 1. The maximum absolute atomic E-state index is 12.5. The van der Waals surface area contributed by atoms with Crippen LogP contribution in [0.3, 0.4) is 0 Å². The molecule has 0 radical (unpaired) electrons. The minimum absolute atomic E-state index is 0. The molecule has 2 rings (SSSR count). The Labute approximate surface area is 147 Å². The molecule has 0 atom stereocenters. The second-order valence-corrected chi connectivity index (χ2v) is 8.18. The van der Waals surface area contributed by atoms with Crippen LogP contribution in [0.4, 0.5) is 0 Å². The van der Waals surface area contributed by atoms with Crippen LogP contribution < -0.4 is 11.1 Å². The number of unbranched alkanes of at least 4 members (excludes halogenated alkanes) is 1. The third-order valence-electron chi connectivity index (χ3n) is 3.43. The zero-order valence-corrected chi connectivity index (χ0v) is 15.2. The number of sulfonamides is 1. The summed E-state index contributed by atoms with van der Waals surface area (Å²) in [6.07, 6.45) is 3.03. The van der Waals surface area contributed by atoms with Gasteiger partial charge in [0.25, 0.3) is 5.91 Å². The fourth-order valence-corrected chi connectivity index (χ4v) is 4.73. The summed E-state index contributed by atoms with van der Waals surface area (Å²) in [7, 11) is -3.51. The molecule has 0 aliphatic carbocycles. The molecular weight excluding hydrogens is 360 g/mol. The van der Waals surface area contributed by atoms with Crippen molar-refractivity contribution in [3.05, 3.63) is 18.0 Å². The van der Waals surface area contributed by atoms with E-state index in [0.29, 0.717) is 26.2 Å². The average Bonchev–Trinajstić information content (AvgIpc) is 3.03. The number of amides is 1. The highest BCUT2D eigenvalue weighted by Gasteiger charge is 2.27. The van der Waals surface area contributed by atoms with Crippen molar-refractivity contribution >= 4 is 40.1 Å². The molecule has 2 heterocycles. The standard InChI is InChI=1S/C13H22N4O3S2.ClH/c14-3-1-2-4-15-13(18)12-9-11(10-16-12)22(19,20)17-5-7-21-8-6-17;/h9-10,16H,1-8,14H2,(H,15,18);1H. The molecule has 1 aliphatic rings. The molecule has 1 amide bonds. The summed E-state index contributed by atoms with van der Waals surface area (Å²) in [6.45, 7) is 2.15. The Balaban J connectivity index is 0.00000264. The Bertz CT molecular complexity index is 600. The van der Waals surface area contributed by atoms with Crippen LogP contribution in [0, 0.1) is 0 Å². The Hall–Kier alpha value is -0.740. The number of rotatable bonds is 7. The van der Waals surface area contributed by atoms with Crippen molar-refractivity contribution in [3.8, 4) is 0 Å². The first-order chi connectivity index (χ1) is 10.6. The summed E-state index contributed by atoms with van der Waals surface area (Å²) in [5.41, 5.74) is 5.65. The summed E-state index contributed by atoms with van der Waals surface area (Å²) < 4.78 is 26.4. The molecule has 0 bridgehead atoms. The number of nitrogens with zero attached hydrogens (tertiary/aromatic N) is 1. The van der Waals surface area contributed by atoms with E-state index in [0.717, 1.165) is 24.3 Å². The lowest BCUT2D eigenvalue weighted by Gasteiger charge is -2.24. The molecule has 1 aromatic heterocycles. The lowest BCUT2D eigenvalue weighted by Crippen LogP contribution is -2.37. The number of nitrogens with one attached hydrogen (secondary N) is 2. The first kappa shape index (κ1) is 20.3. The van der Waals surface area contributed by atoms with Crippen LogP contribution in [0.15, 0.2) is 17.2 Å². The van der Waals surface area contributed by atoms with Crippen LogP contribution in [0.25, 0.3) is 0 Å². The fourth-order valence-electron chi connectivity index (χ4n) is 2.16. The van der Waals surface area contributed by atoms with Gasteiger partial charge >= 0.3 is 0 Å². The number of aromatic amines is 1. The molecule has 1 fully saturated rings. The smallest absolute Gasteiger partial charge is 0.267 e. The summed E-state index contributed by atoms with van der Waals surface area (Å²) in [4.78, 5) is 14.8. The van der Waals surface area contributed by atoms with E-state index in [4.69, 9.17) is 5.73 Å². The predicted molar refractivity (Wildman–Crippen MR) is 94.7 cm³/mol. The quantitative estimate of drug-likeness (QED) is 0.600. The summed E-state index contributed by atoms with van der Waals surface area (Å²) in [5, 5.41) is 2.74. The molecule has 23 heavy (non-hydrogen) atoms. The largest absolute Gasteiger partial charge is 0.356 e. The van der Waals surface area contributed by atoms with Gasteiger partial charge in [0.15, 0.2) is 0 Å². The minimum Gasteiger partial charge on any atom is -0.356 e. The van der Waals surface area contributed by atoms with Gasteiger partial charge in [0.05, 0.1) is 0 Å². The SMILES string of the molecule is Cl.NCCCCNC(=O)c1cc(S(=O)(=O)N2CCSCC2)c[nH]1. The van der Waals surface area contributed by atoms with Gasteiger partial charge in [0, 0.05) is 37.3 Å². The van der Waals surface area contributed by atoms with E-state index in [9.17, 15) is 13.2 Å². The minimum atomic E-state index is -3.51. The number of nitrogens with two attached hydrogens (primary N) is 1. The number of halogens is 1. The van der Waals surface area contributed by atoms with E-state index >= 15 is 0 Å². The summed E-state index contributed by atoms with van der Waals surface area (Å²) in [5.74, 6) is 1.31. The van der Waals surface area contributed by atoms with Gasteiger partial charge < -0.3 is 16.0 Å². The third-order valence-corrected chi connectivity index (χ3v) is 6.24. The highest BCUT2D eigenvalue weighted by Crippen LogP contribution is 2.20. The van der Waals surface area contributed by atoms with E-state index in [2.05, 4.69) is 10.3 Å². The lowest BCUT2D eigenvalue weighted by atomic mass is 10.3. The number of hydrogen-bond acceptors (Lipinski definition) is 5. The van der Waals surface area contributed by atoms with E-state index < -0.39 is 10.0 Å². The van der Waals surface area contributed by atoms with Crippen molar-refractivity contribution in [2.45, 2.75) is 17.7 Å². The van der Waals surface area contributed by atoms with Crippen molar-refractivity contribution < 1.29 is 13.2 Å². The molecule has 0 aromatic carbocycles. The van der Waals surface area contributed by atoms with E-state index in [-0.39, 0.29) is 28.9 Å². The van der Waals surface area contributed by atoms with E-state index in [1.165, 1.54) is 16.6 Å². The third kappa shape index (κ3) is 5.39. The maximum Gasteiger partial charge on any atom is 0.267 e. The Morgan fingerprint density at radius 3 is 2.70 bits per heavy atom. The fraction of sp³-hybridized carbons (Fsp3) is 0.615. The zero-order chi connectivity index (χ0) is 16.0. The molecule has 1 aromatic rings. The van der Waals surface area contributed by atoms with Crippen LogP contribution in [0.5, 0.6) is 0 Å². The van der Waals surface area contributed by atoms with Crippen LogP contribution in [-0.4, -0.2) is 61.3 Å². The molecule has 4 N–H and O–H groups in total. The second kappa shape index (κ2) is 9.53. The normalized spacial score (nSPS) is 15.9. The first-order valence-electron chi connectivity index (χ1n) is 7.30. The number of H-pyrrole nitrogens is 1. The van der Waals surface area contributed by atoms with Gasteiger partial charge in [0.2, 0.25) is 10.0 Å². The monoisotopic (exact) mass is 382 g/mol. The van der Waals surface area contributed by atoms with Crippen LogP contribution in [-0.2, 0) is 10.0 Å². The molecule has 1 saturated heterocycles. The van der Waals surface area contributed by atoms with Gasteiger partial charge in [0.1, 0.15) is 10.6 Å². The van der Waals surface area contributed by atoms with Crippen molar-refractivity contribution in [1.82, 2.24) is 14.6 Å². The van der Waals surface area contributed by atoms with Crippen molar-refractivity contribution in [1.29, 1.82) is 0 Å². The topological polar surface area (TPSA) is 108 Å². The number of aromatic nitrogens is 1. The molecule has 1 aliphatic heterocycles. The average molecular weight is 383 g/mol. The van der Waals surface area contributed by atoms with Gasteiger partial charge in [-0.15, -0.1) is 12.4 Å². The molecule has 10 heteroatoms. The molecular formula is C13H23ClN4O3S2. The lowest BCUT2D eigenvalue weighted by molar-refractivity contribution is 0.0948. The molecule has 0 saturated carbocycles. The number of carbonyl (C=O) groups is 1. The molecule has 0 unspecified atom stereocenters. The Kier molecular flexibility index (Phi) is 8.41. The maximum atomic E-state index is 12.5. The highest BCUT2D eigenvalue weighted by molar-refractivity contribution is 7.99. The van der Waals surface area contributed by atoms with Gasteiger partial charge in [-0.1, -0.05) is 0 Å². The molecule has 132 valence electrons. The highest BCUT2D eigenvalue weighted by atomic mass is 35.5. The molecule has 0 spiro atoms. The number of carbonyl (C=O) groups excluding carboxylic acids is 1. The van der Waals surface area contributed by atoms with Gasteiger partial charge in [-0.3, -0.25) is 4.79 Å². The Morgan fingerprint density at radius 2 is 2.04 bits per heavy atom. The summed E-state index contributed by atoms with van der Waals surface area (Å²) in [6, 6.07) is 1.40. The van der Waals surface area contributed by atoms with E-state index in [1.54, 1.807) is 11.8 Å². The number of hydrogen-bond donors (Lipinski definition) is 3. The van der Waals surface area contributed by atoms with Crippen LogP contribution >= 0.6 is 24.2 Å². The van der Waals surface area contributed by atoms with Crippen LogP contribution in [0.1, 0.15) is 23.3 Å². The van der Waals surface area contributed by atoms with Crippen molar-refractivity contribution in [3.63, 3.8) is 0 Å². The first-order valence-corrected chi connectivity index (χ1v) is 9.90. The molecule has 7 nitrogen and oxygen atoms in total. The zero-order valence-electron chi connectivity index (χ0n) is 12.8. The second-order valence-electron chi connectivity index (χ2n) is 5.02. The Morgan fingerprint density at radius 1 is 1.35 bits per heavy atom. The summed E-state index contributed by atoms with van der Waals surface area (Å²) >= 11 is 1.75. The van der Waals surface area contributed by atoms with Crippen molar-refractivity contribution in [2.75, 3.05) is 37.7 Å². The van der Waals surface area contributed by atoms with Gasteiger partial charge in [-0.25, -0.2) is 8.42 Å². The predicted octanol–water partition coefficient (Wildman–Crippen LogP) is 0.643. The van der Waals surface area contributed by atoms with Crippen molar-refractivity contribution in [2.24, 2.45) is 5.73 Å². The van der Waals surface area contributed by atoms with Gasteiger partial charge in [-0.2, -0.15) is 16.1 Å². The van der Waals surface area contributed by atoms with Gasteiger partial charge in [-0.05, 0) is 25.5 Å².